The maximum Gasteiger partial charge on any atom is 0.329 e. The van der Waals surface area contributed by atoms with Crippen molar-refractivity contribution in [3.63, 3.8) is 0 Å². The molecule has 1 aliphatic heterocycles. The first kappa shape index (κ1) is 15.1. The van der Waals surface area contributed by atoms with Crippen LogP contribution in [0.3, 0.4) is 0 Å². The number of carbonyl (C=O) groups is 2. The number of carboxylic acids is 1. The van der Waals surface area contributed by atoms with E-state index in [4.69, 9.17) is 0 Å². The quantitative estimate of drug-likeness (QED) is 0.724. The molecule has 2 N–H and O–H groups in total. The molecule has 1 fully saturated rings. The van der Waals surface area contributed by atoms with Crippen molar-refractivity contribution in [3.8, 4) is 0 Å². The van der Waals surface area contributed by atoms with Crippen molar-refractivity contribution in [2.24, 2.45) is 0 Å². The third kappa shape index (κ3) is 3.10. The Balaban J connectivity index is 2.72. The predicted molar refractivity (Wildman–Crippen MR) is 73.0 cm³/mol. The summed E-state index contributed by atoms with van der Waals surface area (Å²) in [5.74, 6) is -0.0326. The van der Waals surface area contributed by atoms with Gasteiger partial charge in [-0.3, -0.25) is 0 Å². The van der Waals surface area contributed by atoms with Crippen molar-refractivity contribution >= 4 is 23.8 Å². The Morgan fingerprint density at radius 1 is 1.50 bits per heavy atom. The highest BCUT2D eigenvalue weighted by atomic mass is 32.2. The van der Waals surface area contributed by atoms with Crippen molar-refractivity contribution < 1.29 is 14.7 Å². The number of hydrogen-bond acceptors (Lipinski definition) is 3. The second-order valence-corrected chi connectivity index (χ2v) is 5.55. The number of carboxylic acid groups (broad SMARTS) is 1. The fourth-order valence-electron chi connectivity index (χ4n) is 2.53. The van der Waals surface area contributed by atoms with Gasteiger partial charge in [-0.15, -0.1) is 0 Å². The zero-order valence-corrected chi connectivity index (χ0v) is 11.9. The summed E-state index contributed by atoms with van der Waals surface area (Å²) in [5.41, 5.74) is -0.988. The molecule has 0 aromatic rings. The third-order valence-electron chi connectivity index (χ3n) is 3.38. The summed E-state index contributed by atoms with van der Waals surface area (Å²) >= 11 is 1.65. The smallest absolute Gasteiger partial charge is 0.329 e. The van der Waals surface area contributed by atoms with Crippen LogP contribution in [0, 0.1) is 0 Å². The Hall–Kier alpha value is -0.910. The molecular weight excluding hydrogens is 252 g/mol. The van der Waals surface area contributed by atoms with Gasteiger partial charge >= 0.3 is 12.0 Å². The van der Waals surface area contributed by atoms with E-state index in [9.17, 15) is 14.7 Å². The monoisotopic (exact) mass is 274 g/mol. The van der Waals surface area contributed by atoms with Gasteiger partial charge in [-0.2, -0.15) is 11.8 Å². The molecule has 6 heteroatoms. The molecule has 0 aromatic heterocycles. The Morgan fingerprint density at radius 2 is 2.22 bits per heavy atom. The van der Waals surface area contributed by atoms with Crippen LogP contribution in [0.2, 0.25) is 0 Å². The lowest BCUT2D eigenvalue weighted by Gasteiger charge is -2.34. The van der Waals surface area contributed by atoms with E-state index in [1.165, 1.54) is 4.90 Å². The number of amides is 2. The normalized spacial score (nSPS) is 23.1. The Labute approximate surface area is 112 Å². The first-order chi connectivity index (χ1) is 8.58. The van der Waals surface area contributed by atoms with Gasteiger partial charge in [-0.1, -0.05) is 13.3 Å². The lowest BCUT2D eigenvalue weighted by Crippen LogP contribution is -2.56. The van der Waals surface area contributed by atoms with E-state index in [0.29, 0.717) is 25.9 Å². The highest BCUT2D eigenvalue weighted by molar-refractivity contribution is 7.98. The van der Waals surface area contributed by atoms with Crippen molar-refractivity contribution in [3.05, 3.63) is 0 Å². The number of nitrogens with one attached hydrogen (secondary N) is 1. The number of carbonyl (C=O) groups excluding carboxylic acids is 1. The highest BCUT2D eigenvalue weighted by Crippen LogP contribution is 2.33. The first-order valence-electron chi connectivity index (χ1n) is 6.36. The van der Waals surface area contributed by atoms with E-state index < -0.39 is 11.5 Å². The van der Waals surface area contributed by atoms with Crippen LogP contribution in [0.4, 0.5) is 4.79 Å². The second kappa shape index (κ2) is 6.87. The lowest BCUT2D eigenvalue weighted by atomic mass is 9.91. The number of hydrogen-bond donors (Lipinski definition) is 2. The van der Waals surface area contributed by atoms with Crippen molar-refractivity contribution in [1.29, 1.82) is 0 Å². The van der Waals surface area contributed by atoms with E-state index in [1.54, 1.807) is 11.8 Å². The fourth-order valence-corrected chi connectivity index (χ4v) is 2.84. The third-order valence-corrected chi connectivity index (χ3v) is 3.99. The average Bonchev–Trinajstić information content (AvgIpc) is 2.75. The zero-order valence-electron chi connectivity index (χ0n) is 11.1. The molecule has 1 heterocycles. The molecular formula is C12H22N2O3S. The van der Waals surface area contributed by atoms with Gasteiger partial charge in [0.25, 0.3) is 0 Å². The van der Waals surface area contributed by atoms with Crippen LogP contribution in [-0.4, -0.2) is 52.6 Å². The van der Waals surface area contributed by atoms with E-state index in [1.807, 2.05) is 13.2 Å². The van der Waals surface area contributed by atoms with Gasteiger partial charge in [0.15, 0.2) is 0 Å². The molecule has 1 aliphatic rings. The van der Waals surface area contributed by atoms with Crippen LogP contribution in [0.25, 0.3) is 0 Å². The summed E-state index contributed by atoms with van der Waals surface area (Å²) in [5, 5.41) is 12.3. The van der Waals surface area contributed by atoms with Crippen LogP contribution >= 0.6 is 11.8 Å². The molecule has 0 saturated carbocycles. The summed E-state index contributed by atoms with van der Waals surface area (Å²) in [7, 11) is 0. The number of rotatable bonds is 6. The van der Waals surface area contributed by atoms with Crippen molar-refractivity contribution in [2.75, 3.05) is 25.1 Å². The van der Waals surface area contributed by atoms with Gasteiger partial charge < -0.3 is 15.3 Å². The topological polar surface area (TPSA) is 69.6 Å². The lowest BCUT2D eigenvalue weighted by molar-refractivity contribution is -0.148. The molecule has 0 bridgehead atoms. The molecule has 1 saturated heterocycles. The van der Waals surface area contributed by atoms with Crippen molar-refractivity contribution in [1.82, 2.24) is 10.2 Å². The summed E-state index contributed by atoms with van der Waals surface area (Å²) in [6.45, 7) is 3.07. The van der Waals surface area contributed by atoms with Crippen LogP contribution in [0.1, 0.15) is 32.6 Å². The number of thioether (sulfide) groups is 1. The number of urea groups is 1. The predicted octanol–water partition coefficient (Wildman–Crippen LogP) is 1.78. The summed E-state index contributed by atoms with van der Waals surface area (Å²) in [4.78, 5) is 25.1. The van der Waals surface area contributed by atoms with Gasteiger partial charge in [-0.25, -0.2) is 9.59 Å². The Bertz CT molecular complexity index is 312. The summed E-state index contributed by atoms with van der Waals surface area (Å²) < 4.78 is 0. The Morgan fingerprint density at radius 3 is 2.78 bits per heavy atom. The molecule has 0 spiro atoms. The summed E-state index contributed by atoms with van der Waals surface area (Å²) in [6.07, 6.45) is 4.59. The average molecular weight is 274 g/mol. The molecule has 2 amide bonds. The summed E-state index contributed by atoms with van der Waals surface area (Å²) in [6, 6.07) is -0.239. The largest absolute Gasteiger partial charge is 0.479 e. The van der Waals surface area contributed by atoms with Crippen LogP contribution in [0.15, 0.2) is 0 Å². The molecule has 0 radical (unpaired) electrons. The number of nitrogens with zero attached hydrogens (tertiary/aromatic N) is 1. The minimum Gasteiger partial charge on any atom is -0.479 e. The Kier molecular flexibility index (Phi) is 5.78. The molecule has 0 aliphatic carbocycles. The van der Waals surface area contributed by atoms with Gasteiger partial charge in [0.05, 0.1) is 0 Å². The maximum absolute atomic E-state index is 12.1. The highest BCUT2D eigenvalue weighted by Gasteiger charge is 2.49. The molecule has 1 rings (SSSR count). The van der Waals surface area contributed by atoms with Gasteiger partial charge in [0, 0.05) is 18.8 Å². The van der Waals surface area contributed by atoms with Crippen LogP contribution in [-0.2, 0) is 4.79 Å². The first-order valence-corrected chi connectivity index (χ1v) is 7.75. The molecule has 5 nitrogen and oxygen atoms in total. The molecule has 104 valence electrons. The molecule has 0 aromatic carbocycles. The van der Waals surface area contributed by atoms with E-state index in [2.05, 4.69) is 5.32 Å². The standard InChI is InChI=1S/C12H22N2O3S/c1-3-5-12(10(15)16)6-4-8-14(12)11(17)13-7-9-18-2/h3-9H2,1-2H3,(H,13,17)(H,15,16). The SMILES string of the molecule is CCCC1(C(=O)O)CCCN1C(=O)NCCSC. The van der Waals surface area contributed by atoms with E-state index in [0.717, 1.165) is 18.6 Å². The maximum atomic E-state index is 12.1. The van der Waals surface area contributed by atoms with Gasteiger partial charge in [-0.05, 0) is 25.5 Å². The molecule has 1 unspecified atom stereocenters. The van der Waals surface area contributed by atoms with Crippen molar-refractivity contribution in [2.45, 2.75) is 38.1 Å². The molecule has 1 atom stereocenters. The van der Waals surface area contributed by atoms with E-state index in [-0.39, 0.29) is 6.03 Å². The van der Waals surface area contributed by atoms with Crippen LogP contribution in [0.5, 0.6) is 0 Å². The minimum atomic E-state index is -0.988. The number of likely N-dealkylation sites (tertiary alicyclic amines) is 1. The molecule has 18 heavy (non-hydrogen) atoms. The van der Waals surface area contributed by atoms with Crippen LogP contribution < -0.4 is 5.32 Å². The minimum absolute atomic E-state index is 0.239. The second-order valence-electron chi connectivity index (χ2n) is 4.57. The van der Waals surface area contributed by atoms with Gasteiger partial charge in [0.1, 0.15) is 5.54 Å². The zero-order chi connectivity index (χ0) is 13.6. The van der Waals surface area contributed by atoms with Gasteiger partial charge in [0.2, 0.25) is 0 Å². The van der Waals surface area contributed by atoms with E-state index >= 15 is 0 Å². The number of aliphatic carboxylic acids is 1. The fraction of sp³-hybridized carbons (Fsp3) is 0.833.